The SMILES string of the molecule is CCCCC(=O)OCC[C@H]1[C@H](C)C[C@H]2[C@@H]3CC=C4C=C(OC(C)=O)C=C[C@]4(C)[C@@]34O[C@H]4C[C@]12C. The van der Waals surface area contributed by atoms with Crippen LogP contribution in [0, 0.1) is 34.5 Å². The molecule has 5 rings (SSSR count). The first-order valence-corrected chi connectivity index (χ1v) is 13.3. The van der Waals surface area contributed by atoms with E-state index in [2.05, 4.69) is 39.8 Å². The van der Waals surface area contributed by atoms with Crippen LogP contribution in [-0.2, 0) is 23.8 Å². The van der Waals surface area contributed by atoms with Crippen LogP contribution in [0.15, 0.2) is 35.6 Å². The van der Waals surface area contributed by atoms with E-state index in [1.807, 2.05) is 12.2 Å². The third-order valence-electron chi connectivity index (χ3n) is 10.00. The van der Waals surface area contributed by atoms with Crippen molar-refractivity contribution in [3.05, 3.63) is 35.6 Å². The van der Waals surface area contributed by atoms with E-state index in [1.165, 1.54) is 18.9 Å². The molecule has 2 saturated carbocycles. The summed E-state index contributed by atoms with van der Waals surface area (Å²) in [6.45, 7) is 11.3. The van der Waals surface area contributed by atoms with Gasteiger partial charge in [-0.05, 0) is 85.8 Å². The summed E-state index contributed by atoms with van der Waals surface area (Å²) >= 11 is 0. The van der Waals surface area contributed by atoms with Crippen molar-refractivity contribution in [2.45, 2.75) is 91.3 Å². The van der Waals surface area contributed by atoms with E-state index in [4.69, 9.17) is 14.2 Å². The molecule has 0 amide bonds. The van der Waals surface area contributed by atoms with Crippen molar-refractivity contribution in [1.82, 2.24) is 0 Å². The molecule has 0 radical (unpaired) electrons. The van der Waals surface area contributed by atoms with Crippen LogP contribution in [0.25, 0.3) is 0 Å². The monoisotopic (exact) mass is 468 g/mol. The molecule has 3 fully saturated rings. The molecule has 8 atom stereocenters. The Bertz CT molecular complexity index is 962. The van der Waals surface area contributed by atoms with Crippen molar-refractivity contribution in [2.24, 2.45) is 34.5 Å². The predicted molar refractivity (Wildman–Crippen MR) is 129 cm³/mol. The van der Waals surface area contributed by atoms with Gasteiger partial charge in [-0.25, -0.2) is 0 Å². The molecule has 0 aromatic heterocycles. The minimum absolute atomic E-state index is 0.0504. The van der Waals surface area contributed by atoms with Gasteiger partial charge >= 0.3 is 11.9 Å². The molecular formula is C29H40O5. The van der Waals surface area contributed by atoms with Gasteiger partial charge in [-0.2, -0.15) is 0 Å². The van der Waals surface area contributed by atoms with Gasteiger partial charge in [0.05, 0.1) is 12.7 Å². The molecule has 1 aliphatic heterocycles. The number of carbonyl (C=O) groups excluding carboxylic acids is 2. The molecule has 0 N–H and O–H groups in total. The highest BCUT2D eigenvalue weighted by Crippen LogP contribution is 2.75. The van der Waals surface area contributed by atoms with Crippen molar-refractivity contribution < 1.29 is 23.8 Å². The van der Waals surface area contributed by atoms with Crippen LogP contribution < -0.4 is 0 Å². The molecule has 34 heavy (non-hydrogen) atoms. The Morgan fingerprint density at radius 2 is 2.03 bits per heavy atom. The number of esters is 2. The van der Waals surface area contributed by atoms with Gasteiger partial charge in [0, 0.05) is 18.8 Å². The summed E-state index contributed by atoms with van der Waals surface area (Å²) < 4.78 is 17.7. The van der Waals surface area contributed by atoms with E-state index < -0.39 is 0 Å². The van der Waals surface area contributed by atoms with Crippen LogP contribution in [0.5, 0.6) is 0 Å². The highest BCUT2D eigenvalue weighted by Gasteiger charge is 2.78. The maximum atomic E-state index is 12.0. The van der Waals surface area contributed by atoms with Gasteiger partial charge in [0.2, 0.25) is 0 Å². The first kappa shape index (κ1) is 23.8. The number of allylic oxidation sites excluding steroid dienone is 3. The normalized spacial score (nSPS) is 43.5. The average Bonchev–Trinajstić information content (AvgIpc) is 3.44. The lowest BCUT2D eigenvalue weighted by atomic mass is 9.48. The Morgan fingerprint density at radius 3 is 2.76 bits per heavy atom. The van der Waals surface area contributed by atoms with Crippen LogP contribution in [0.2, 0.25) is 0 Å². The van der Waals surface area contributed by atoms with Gasteiger partial charge in [0.1, 0.15) is 11.4 Å². The number of epoxide rings is 1. The van der Waals surface area contributed by atoms with Crippen LogP contribution >= 0.6 is 0 Å². The van der Waals surface area contributed by atoms with Crippen LogP contribution in [-0.4, -0.2) is 30.3 Å². The van der Waals surface area contributed by atoms with Crippen molar-refractivity contribution in [1.29, 1.82) is 0 Å². The van der Waals surface area contributed by atoms with E-state index in [0.29, 0.717) is 42.5 Å². The van der Waals surface area contributed by atoms with E-state index in [1.54, 1.807) is 0 Å². The number of ether oxygens (including phenoxy) is 3. The van der Waals surface area contributed by atoms with Gasteiger partial charge in [0.15, 0.2) is 0 Å². The van der Waals surface area contributed by atoms with Gasteiger partial charge in [-0.15, -0.1) is 0 Å². The first-order valence-electron chi connectivity index (χ1n) is 13.3. The molecule has 0 aromatic rings. The highest BCUT2D eigenvalue weighted by atomic mass is 16.6. The van der Waals surface area contributed by atoms with Crippen LogP contribution in [0.4, 0.5) is 0 Å². The number of hydrogen-bond acceptors (Lipinski definition) is 5. The first-order chi connectivity index (χ1) is 16.2. The second-order valence-corrected chi connectivity index (χ2v) is 11.8. The molecule has 5 aliphatic rings. The topological polar surface area (TPSA) is 65.1 Å². The summed E-state index contributed by atoms with van der Waals surface area (Å²) in [5.74, 6) is 2.53. The molecule has 0 aromatic carbocycles. The van der Waals surface area contributed by atoms with Crippen molar-refractivity contribution in [3.8, 4) is 0 Å². The zero-order valence-electron chi connectivity index (χ0n) is 21.4. The van der Waals surface area contributed by atoms with Gasteiger partial charge in [-0.3, -0.25) is 9.59 Å². The van der Waals surface area contributed by atoms with Gasteiger partial charge < -0.3 is 14.2 Å². The Labute approximate surface area is 204 Å². The molecule has 1 spiro atoms. The maximum absolute atomic E-state index is 12.0. The fraction of sp³-hybridized carbons (Fsp3) is 0.724. The van der Waals surface area contributed by atoms with Crippen LogP contribution in [0.3, 0.4) is 0 Å². The molecule has 186 valence electrons. The maximum Gasteiger partial charge on any atom is 0.308 e. The second kappa shape index (κ2) is 8.36. The summed E-state index contributed by atoms with van der Waals surface area (Å²) in [6.07, 6.45) is 15.5. The number of unbranched alkanes of at least 4 members (excludes halogenated alkanes) is 1. The van der Waals surface area contributed by atoms with E-state index in [9.17, 15) is 9.59 Å². The zero-order valence-corrected chi connectivity index (χ0v) is 21.4. The largest absolute Gasteiger partial charge is 0.466 e. The molecule has 0 unspecified atom stereocenters. The van der Waals surface area contributed by atoms with Crippen LogP contribution in [0.1, 0.15) is 79.6 Å². The lowest BCUT2D eigenvalue weighted by Crippen LogP contribution is -2.55. The fourth-order valence-corrected chi connectivity index (χ4v) is 8.40. The summed E-state index contributed by atoms with van der Waals surface area (Å²) in [4.78, 5) is 23.5. The molecule has 0 bridgehead atoms. The molecule has 1 heterocycles. The molecule has 4 aliphatic carbocycles. The quantitative estimate of drug-likeness (QED) is 0.344. The van der Waals surface area contributed by atoms with Gasteiger partial charge in [0.25, 0.3) is 0 Å². The average molecular weight is 469 g/mol. The summed E-state index contributed by atoms with van der Waals surface area (Å²) in [5.41, 5.74) is 1.08. The Balaban J connectivity index is 1.34. The summed E-state index contributed by atoms with van der Waals surface area (Å²) in [5, 5.41) is 0. The summed E-state index contributed by atoms with van der Waals surface area (Å²) in [6, 6.07) is 0. The second-order valence-electron chi connectivity index (χ2n) is 11.8. The van der Waals surface area contributed by atoms with Crippen molar-refractivity contribution in [3.63, 3.8) is 0 Å². The zero-order chi connectivity index (χ0) is 24.3. The van der Waals surface area contributed by atoms with E-state index in [0.717, 1.165) is 32.1 Å². The Kier molecular flexibility index (Phi) is 5.86. The molecule has 5 heteroatoms. The highest BCUT2D eigenvalue weighted by molar-refractivity contribution is 5.69. The smallest absolute Gasteiger partial charge is 0.308 e. The molecule has 5 nitrogen and oxygen atoms in total. The standard InChI is InChI=1S/C29H40O5/c1-6-7-8-26(31)32-14-12-22-18(2)15-24-23-10-9-20-16-21(33-19(3)30)11-13-28(20,5)29(23)25(34-29)17-27(22,24)4/h9,11,13,16,18,22-25H,6-8,10,12,14-15,17H2,1-5H3/t18-,22+,23+,24+,25+,27-,28+,29-/m1/s1. The fourth-order valence-electron chi connectivity index (χ4n) is 8.40. The summed E-state index contributed by atoms with van der Waals surface area (Å²) in [7, 11) is 0. The third kappa shape index (κ3) is 3.44. The lowest BCUT2D eigenvalue weighted by molar-refractivity contribution is -0.144. The van der Waals surface area contributed by atoms with Crippen molar-refractivity contribution in [2.75, 3.05) is 6.61 Å². The minimum atomic E-state index is -0.289. The Hall–Kier alpha value is -1.88. The molecule has 1 saturated heterocycles. The van der Waals surface area contributed by atoms with Crippen molar-refractivity contribution >= 4 is 11.9 Å². The Morgan fingerprint density at radius 1 is 1.24 bits per heavy atom. The van der Waals surface area contributed by atoms with Gasteiger partial charge in [-0.1, -0.05) is 39.3 Å². The molecular weight excluding hydrogens is 428 g/mol. The lowest BCUT2D eigenvalue weighted by Gasteiger charge is -2.53. The number of carbonyl (C=O) groups is 2. The van der Waals surface area contributed by atoms with E-state index >= 15 is 0 Å². The third-order valence-corrected chi connectivity index (χ3v) is 10.00. The minimum Gasteiger partial charge on any atom is -0.466 e. The predicted octanol–water partition coefficient (Wildman–Crippen LogP) is 5.90. The number of rotatable bonds is 7. The van der Waals surface area contributed by atoms with E-state index in [-0.39, 0.29) is 34.5 Å². The number of fused-ring (bicyclic) bond motifs is 3. The number of hydrogen-bond donors (Lipinski definition) is 0.